The quantitative estimate of drug-likeness (QED) is 0.794. The highest BCUT2D eigenvalue weighted by Crippen LogP contribution is 2.25. The minimum absolute atomic E-state index is 0.180. The Hall–Kier alpha value is -2.62. The Bertz CT molecular complexity index is 767. The monoisotopic (exact) mass is 279 g/mol. The van der Waals surface area contributed by atoms with Crippen molar-refractivity contribution in [2.24, 2.45) is 0 Å². The molecule has 106 valence electrons. The summed E-state index contributed by atoms with van der Waals surface area (Å²) in [5.74, 6) is 1.18. The number of hydrogen-bond acceptors (Lipinski definition) is 4. The Labute approximate surface area is 123 Å². The SMILES string of the molecule is CC(C)Oc1ccc(-c2ccc3nc(N)ncc3c2)cc1. The van der Waals surface area contributed by atoms with E-state index in [0.29, 0.717) is 5.95 Å². The van der Waals surface area contributed by atoms with Crippen molar-refractivity contribution in [2.75, 3.05) is 5.73 Å². The molecule has 0 spiro atoms. The molecule has 0 unspecified atom stereocenters. The Morgan fingerprint density at radius 2 is 1.71 bits per heavy atom. The van der Waals surface area contributed by atoms with Gasteiger partial charge in [0.1, 0.15) is 5.75 Å². The zero-order valence-corrected chi connectivity index (χ0v) is 12.1. The number of hydrogen-bond donors (Lipinski definition) is 1. The number of nitrogens with two attached hydrogens (primary N) is 1. The average molecular weight is 279 g/mol. The standard InChI is InChI=1S/C17H17N3O/c1-11(2)21-15-6-3-12(4-7-15)13-5-8-16-14(9-13)10-19-17(18)20-16/h3-11H,1-2H3,(H2,18,19,20). The minimum Gasteiger partial charge on any atom is -0.491 e. The first-order chi connectivity index (χ1) is 10.1. The second-order valence-corrected chi connectivity index (χ2v) is 5.19. The fraction of sp³-hybridized carbons (Fsp3) is 0.176. The lowest BCUT2D eigenvalue weighted by molar-refractivity contribution is 0.242. The van der Waals surface area contributed by atoms with Gasteiger partial charge in [0.05, 0.1) is 11.6 Å². The van der Waals surface area contributed by atoms with Gasteiger partial charge in [0.2, 0.25) is 5.95 Å². The van der Waals surface area contributed by atoms with Crippen LogP contribution in [0.5, 0.6) is 5.75 Å². The summed E-state index contributed by atoms with van der Waals surface area (Å²) in [6.07, 6.45) is 1.93. The van der Waals surface area contributed by atoms with E-state index in [0.717, 1.165) is 27.8 Å². The van der Waals surface area contributed by atoms with Crippen LogP contribution in [-0.2, 0) is 0 Å². The zero-order valence-electron chi connectivity index (χ0n) is 12.1. The zero-order chi connectivity index (χ0) is 14.8. The molecular weight excluding hydrogens is 262 g/mol. The predicted molar refractivity (Wildman–Crippen MR) is 85.2 cm³/mol. The van der Waals surface area contributed by atoms with Gasteiger partial charge >= 0.3 is 0 Å². The number of benzene rings is 2. The van der Waals surface area contributed by atoms with Crippen LogP contribution >= 0.6 is 0 Å². The molecule has 0 saturated carbocycles. The van der Waals surface area contributed by atoms with Crippen LogP contribution in [-0.4, -0.2) is 16.1 Å². The van der Waals surface area contributed by atoms with Crippen LogP contribution in [0, 0.1) is 0 Å². The lowest BCUT2D eigenvalue weighted by Crippen LogP contribution is -2.05. The maximum atomic E-state index is 5.65. The first kappa shape index (κ1) is 13.4. The molecule has 0 aliphatic heterocycles. The number of nitrogens with zero attached hydrogens (tertiary/aromatic N) is 2. The van der Waals surface area contributed by atoms with Crippen molar-refractivity contribution in [3.8, 4) is 16.9 Å². The van der Waals surface area contributed by atoms with E-state index in [1.807, 2.05) is 38.1 Å². The summed E-state index contributed by atoms with van der Waals surface area (Å²) in [5, 5.41) is 0.976. The fourth-order valence-corrected chi connectivity index (χ4v) is 2.23. The van der Waals surface area contributed by atoms with Crippen LogP contribution in [0.4, 0.5) is 5.95 Å². The first-order valence-electron chi connectivity index (χ1n) is 6.91. The van der Waals surface area contributed by atoms with Crippen molar-refractivity contribution in [3.05, 3.63) is 48.7 Å². The number of nitrogen functional groups attached to an aromatic ring is 1. The second-order valence-electron chi connectivity index (χ2n) is 5.19. The first-order valence-corrected chi connectivity index (χ1v) is 6.91. The van der Waals surface area contributed by atoms with Gasteiger partial charge in [-0.25, -0.2) is 9.97 Å². The van der Waals surface area contributed by atoms with Crippen LogP contribution < -0.4 is 10.5 Å². The van der Waals surface area contributed by atoms with Gasteiger partial charge in [0, 0.05) is 11.6 Å². The lowest BCUT2D eigenvalue weighted by Gasteiger charge is -2.10. The van der Waals surface area contributed by atoms with E-state index in [9.17, 15) is 0 Å². The highest BCUT2D eigenvalue weighted by molar-refractivity contribution is 5.84. The van der Waals surface area contributed by atoms with Crippen LogP contribution in [0.3, 0.4) is 0 Å². The molecule has 0 aliphatic carbocycles. The maximum absolute atomic E-state index is 5.65. The molecule has 3 aromatic rings. The number of rotatable bonds is 3. The molecule has 0 radical (unpaired) electrons. The maximum Gasteiger partial charge on any atom is 0.220 e. The van der Waals surface area contributed by atoms with Gasteiger partial charge in [-0.05, 0) is 49.2 Å². The summed E-state index contributed by atoms with van der Waals surface area (Å²) in [4.78, 5) is 8.24. The minimum atomic E-state index is 0.180. The van der Waals surface area contributed by atoms with E-state index in [2.05, 4.69) is 28.2 Å². The molecule has 4 nitrogen and oxygen atoms in total. The molecular formula is C17H17N3O. The van der Waals surface area contributed by atoms with E-state index in [1.165, 1.54) is 0 Å². The fourth-order valence-electron chi connectivity index (χ4n) is 2.23. The molecule has 0 amide bonds. The molecule has 3 rings (SSSR count). The summed E-state index contributed by atoms with van der Waals surface area (Å²) < 4.78 is 5.65. The molecule has 0 aliphatic rings. The van der Waals surface area contributed by atoms with Gasteiger partial charge in [-0.3, -0.25) is 0 Å². The van der Waals surface area contributed by atoms with Gasteiger partial charge < -0.3 is 10.5 Å². The highest BCUT2D eigenvalue weighted by atomic mass is 16.5. The Balaban J connectivity index is 1.94. The van der Waals surface area contributed by atoms with E-state index in [4.69, 9.17) is 10.5 Å². The Kier molecular flexibility index (Phi) is 3.44. The second kappa shape index (κ2) is 5.40. The van der Waals surface area contributed by atoms with Crippen molar-refractivity contribution in [3.63, 3.8) is 0 Å². The summed E-state index contributed by atoms with van der Waals surface area (Å²) in [5.41, 5.74) is 8.69. The molecule has 0 atom stereocenters. The molecule has 21 heavy (non-hydrogen) atoms. The summed E-state index contributed by atoms with van der Waals surface area (Å²) in [6, 6.07) is 14.1. The van der Waals surface area contributed by atoms with Gasteiger partial charge in [0.25, 0.3) is 0 Å². The number of fused-ring (bicyclic) bond motifs is 1. The molecule has 4 heteroatoms. The smallest absolute Gasteiger partial charge is 0.220 e. The van der Waals surface area contributed by atoms with Gasteiger partial charge in [0.15, 0.2) is 0 Å². The summed E-state index contributed by atoms with van der Waals surface area (Å²) >= 11 is 0. The molecule has 2 N–H and O–H groups in total. The molecule has 2 aromatic carbocycles. The molecule has 1 aromatic heterocycles. The Morgan fingerprint density at radius 1 is 1.00 bits per heavy atom. The molecule has 1 heterocycles. The summed E-state index contributed by atoms with van der Waals surface area (Å²) in [6.45, 7) is 4.03. The third-order valence-electron chi connectivity index (χ3n) is 3.16. The third kappa shape index (κ3) is 2.94. The highest BCUT2D eigenvalue weighted by Gasteiger charge is 2.03. The number of anilines is 1. The predicted octanol–water partition coefficient (Wildman–Crippen LogP) is 3.67. The topological polar surface area (TPSA) is 61.0 Å². The van der Waals surface area contributed by atoms with E-state index >= 15 is 0 Å². The lowest BCUT2D eigenvalue weighted by atomic mass is 10.0. The number of ether oxygens (including phenoxy) is 1. The van der Waals surface area contributed by atoms with Gasteiger partial charge in [-0.1, -0.05) is 18.2 Å². The largest absolute Gasteiger partial charge is 0.491 e. The third-order valence-corrected chi connectivity index (χ3v) is 3.16. The van der Waals surface area contributed by atoms with Crippen LogP contribution in [0.15, 0.2) is 48.7 Å². The van der Waals surface area contributed by atoms with Crippen LogP contribution in [0.2, 0.25) is 0 Å². The normalized spacial score (nSPS) is 11.0. The van der Waals surface area contributed by atoms with Crippen LogP contribution in [0.1, 0.15) is 13.8 Å². The molecule has 0 fully saturated rings. The van der Waals surface area contributed by atoms with E-state index < -0.39 is 0 Å². The van der Waals surface area contributed by atoms with E-state index in [-0.39, 0.29) is 6.10 Å². The van der Waals surface area contributed by atoms with Crippen LogP contribution in [0.25, 0.3) is 22.0 Å². The van der Waals surface area contributed by atoms with Crippen molar-refractivity contribution in [1.82, 2.24) is 9.97 Å². The molecule has 0 bridgehead atoms. The summed E-state index contributed by atoms with van der Waals surface area (Å²) in [7, 11) is 0. The Morgan fingerprint density at radius 3 is 2.43 bits per heavy atom. The van der Waals surface area contributed by atoms with E-state index in [1.54, 1.807) is 6.20 Å². The van der Waals surface area contributed by atoms with Gasteiger partial charge in [-0.2, -0.15) is 0 Å². The molecule has 0 saturated heterocycles. The average Bonchev–Trinajstić information content (AvgIpc) is 2.47. The van der Waals surface area contributed by atoms with Crippen molar-refractivity contribution in [2.45, 2.75) is 20.0 Å². The van der Waals surface area contributed by atoms with Gasteiger partial charge in [-0.15, -0.1) is 0 Å². The van der Waals surface area contributed by atoms with Crippen molar-refractivity contribution < 1.29 is 4.74 Å². The van der Waals surface area contributed by atoms with Crippen molar-refractivity contribution in [1.29, 1.82) is 0 Å². The van der Waals surface area contributed by atoms with Crippen molar-refractivity contribution >= 4 is 16.9 Å². The number of aromatic nitrogens is 2.